The van der Waals surface area contributed by atoms with Crippen LogP contribution in [0.3, 0.4) is 0 Å². The van der Waals surface area contributed by atoms with Gasteiger partial charge in [-0.25, -0.2) is 17.2 Å². The average Bonchev–Trinajstić information content (AvgIpc) is 3.47. The Labute approximate surface area is 260 Å². The van der Waals surface area contributed by atoms with E-state index in [0.29, 0.717) is 6.42 Å². The van der Waals surface area contributed by atoms with Gasteiger partial charge in [0.25, 0.3) is 0 Å². The van der Waals surface area contributed by atoms with Gasteiger partial charge in [0.05, 0.1) is 11.9 Å². The van der Waals surface area contributed by atoms with Gasteiger partial charge in [-0.2, -0.15) is 0 Å². The van der Waals surface area contributed by atoms with Crippen LogP contribution >= 0.6 is 15.9 Å². The minimum Gasteiger partial charge on any atom is -0.352 e. The van der Waals surface area contributed by atoms with E-state index in [-0.39, 0.29) is 49.5 Å². The number of carbonyl (C=O) groups is 2. The monoisotopic (exact) mass is 675 g/mol. The van der Waals surface area contributed by atoms with Crippen molar-refractivity contribution in [2.75, 3.05) is 17.1 Å². The first-order chi connectivity index (χ1) is 20.5. The first-order valence-electron chi connectivity index (χ1n) is 14.3. The molecule has 1 aliphatic carbocycles. The van der Waals surface area contributed by atoms with Crippen LogP contribution in [0.2, 0.25) is 0 Å². The smallest absolute Gasteiger partial charge is 0.243 e. The highest BCUT2D eigenvalue weighted by Gasteiger charge is 2.32. The Balaban J connectivity index is 1.59. The van der Waals surface area contributed by atoms with Crippen LogP contribution < -0.4 is 9.62 Å². The molecule has 0 aliphatic heterocycles. The van der Waals surface area contributed by atoms with E-state index < -0.39 is 27.7 Å². The summed E-state index contributed by atoms with van der Waals surface area (Å²) < 4.78 is 54.3. The second-order valence-corrected chi connectivity index (χ2v) is 13.7. The van der Waals surface area contributed by atoms with Gasteiger partial charge < -0.3 is 10.2 Å². The Morgan fingerprint density at radius 2 is 1.65 bits per heavy atom. The third-order valence-electron chi connectivity index (χ3n) is 7.56. The molecule has 0 heterocycles. The zero-order chi connectivity index (χ0) is 31.0. The number of hydrogen-bond acceptors (Lipinski definition) is 4. The van der Waals surface area contributed by atoms with E-state index in [4.69, 9.17) is 0 Å². The van der Waals surface area contributed by atoms with Gasteiger partial charge in [0.1, 0.15) is 6.04 Å². The van der Waals surface area contributed by atoms with Gasteiger partial charge in [-0.3, -0.25) is 13.9 Å². The number of rotatable bonds is 13. The fourth-order valence-electron chi connectivity index (χ4n) is 5.40. The normalized spacial score (nSPS) is 14.3. The molecule has 2 amide bonds. The molecule has 0 bridgehead atoms. The molecular weight excluding hydrogens is 640 g/mol. The zero-order valence-electron chi connectivity index (χ0n) is 24.0. The van der Waals surface area contributed by atoms with E-state index in [1.54, 1.807) is 4.90 Å². The molecule has 0 radical (unpaired) electrons. The molecule has 0 saturated heterocycles. The molecule has 7 nitrogen and oxygen atoms in total. The number of sulfonamides is 1. The lowest BCUT2D eigenvalue weighted by atomic mass is 10.0. The summed E-state index contributed by atoms with van der Waals surface area (Å²) in [6.07, 6.45) is 5.20. The molecule has 1 N–H and O–H groups in total. The van der Waals surface area contributed by atoms with Crippen molar-refractivity contribution in [1.29, 1.82) is 0 Å². The van der Waals surface area contributed by atoms with Crippen LogP contribution in [0.25, 0.3) is 0 Å². The topological polar surface area (TPSA) is 86.8 Å². The van der Waals surface area contributed by atoms with Crippen LogP contribution in [0, 0.1) is 11.6 Å². The Bertz CT molecular complexity index is 1520. The van der Waals surface area contributed by atoms with Crippen molar-refractivity contribution in [3.63, 3.8) is 0 Å². The Morgan fingerprint density at radius 3 is 2.30 bits per heavy atom. The van der Waals surface area contributed by atoms with E-state index in [9.17, 15) is 26.8 Å². The summed E-state index contributed by atoms with van der Waals surface area (Å²) in [5.41, 5.74) is 1.70. The lowest BCUT2D eigenvalue weighted by Crippen LogP contribution is -2.52. The number of benzene rings is 3. The Kier molecular flexibility index (Phi) is 11.3. The fraction of sp³-hybridized carbons (Fsp3) is 0.375. The molecule has 11 heteroatoms. The van der Waals surface area contributed by atoms with Crippen LogP contribution in [0.1, 0.15) is 49.7 Å². The number of carbonyl (C=O) groups excluding carboxylic acids is 2. The molecule has 0 unspecified atom stereocenters. The van der Waals surface area contributed by atoms with Crippen LogP contribution in [-0.4, -0.2) is 50.0 Å². The molecule has 43 heavy (non-hydrogen) atoms. The maximum Gasteiger partial charge on any atom is 0.243 e. The molecule has 0 spiro atoms. The SMILES string of the molecule is CS(=O)(=O)N(CCCC(=O)N(Cc1cccc(Br)c1)[C@H](Cc1ccccc1)C(=O)NC1CCCC1)c1ccc(F)c(F)c1. The van der Waals surface area contributed by atoms with E-state index in [1.165, 1.54) is 6.07 Å². The van der Waals surface area contributed by atoms with E-state index in [0.717, 1.165) is 64.0 Å². The van der Waals surface area contributed by atoms with Crippen LogP contribution in [0.15, 0.2) is 77.3 Å². The van der Waals surface area contributed by atoms with Gasteiger partial charge in [0.15, 0.2) is 11.6 Å². The molecule has 1 aliphatic rings. The molecule has 230 valence electrons. The average molecular weight is 677 g/mol. The fourth-order valence-corrected chi connectivity index (χ4v) is 6.80. The van der Waals surface area contributed by atoms with Gasteiger partial charge in [-0.1, -0.05) is 71.2 Å². The van der Waals surface area contributed by atoms with Gasteiger partial charge in [-0.05, 0) is 54.7 Å². The maximum atomic E-state index is 13.9. The molecule has 1 atom stereocenters. The summed E-state index contributed by atoms with van der Waals surface area (Å²) in [4.78, 5) is 29.3. The minimum absolute atomic E-state index is 0.0299. The number of nitrogens with zero attached hydrogens (tertiary/aromatic N) is 2. The van der Waals surface area contributed by atoms with Gasteiger partial charge in [0.2, 0.25) is 21.8 Å². The molecule has 4 rings (SSSR count). The summed E-state index contributed by atoms with van der Waals surface area (Å²) in [6, 6.07) is 19.2. The number of halogens is 3. The van der Waals surface area contributed by atoms with Crippen LogP contribution in [-0.2, 0) is 32.6 Å². The van der Waals surface area contributed by atoms with E-state index >= 15 is 0 Å². The molecule has 1 saturated carbocycles. The second kappa shape index (κ2) is 14.9. The Morgan fingerprint density at radius 1 is 0.953 bits per heavy atom. The van der Waals surface area contributed by atoms with E-state index in [1.807, 2.05) is 54.6 Å². The number of anilines is 1. The van der Waals surface area contributed by atoms with Gasteiger partial charge in [0, 0.05) is 42.5 Å². The van der Waals surface area contributed by atoms with Crippen molar-refractivity contribution in [2.45, 2.75) is 63.6 Å². The third-order valence-corrected chi connectivity index (χ3v) is 9.25. The van der Waals surface area contributed by atoms with Gasteiger partial charge in [-0.15, -0.1) is 0 Å². The zero-order valence-corrected chi connectivity index (χ0v) is 26.4. The quantitative estimate of drug-likeness (QED) is 0.242. The van der Waals surface area contributed by atoms with Crippen LogP contribution in [0.5, 0.6) is 0 Å². The molecular formula is C32H36BrF2N3O4S. The predicted molar refractivity (Wildman–Crippen MR) is 167 cm³/mol. The molecule has 0 aromatic heterocycles. The predicted octanol–water partition coefficient (Wildman–Crippen LogP) is 5.97. The number of nitrogens with one attached hydrogen (secondary N) is 1. The first-order valence-corrected chi connectivity index (χ1v) is 17.0. The minimum atomic E-state index is -3.85. The highest BCUT2D eigenvalue weighted by molar-refractivity contribution is 9.10. The first kappa shape index (κ1) is 32.6. The summed E-state index contributed by atoms with van der Waals surface area (Å²) in [7, 11) is -3.85. The summed E-state index contributed by atoms with van der Waals surface area (Å²) in [5.74, 6) is -2.80. The maximum absolute atomic E-state index is 13.9. The highest BCUT2D eigenvalue weighted by Crippen LogP contribution is 2.24. The standard InChI is InChI=1S/C32H36BrF2N3O4S/c1-43(41,42)38(27-16-17-28(34)29(35)21-27)18-8-15-31(39)37(22-24-11-7-12-25(33)19-24)30(20-23-9-3-2-4-10-23)32(40)36-26-13-5-6-14-26/h2-4,7,9-12,16-17,19,21,26,30H,5-6,8,13-15,18,20,22H2,1H3,(H,36,40)/t30-/m1/s1. The lowest BCUT2D eigenvalue weighted by molar-refractivity contribution is -0.141. The van der Waals surface area contributed by atoms with Crippen molar-refractivity contribution in [2.24, 2.45) is 0 Å². The number of amides is 2. The van der Waals surface area contributed by atoms with E-state index in [2.05, 4.69) is 21.2 Å². The van der Waals surface area contributed by atoms with Crippen molar-refractivity contribution < 1.29 is 26.8 Å². The molecule has 3 aromatic rings. The van der Waals surface area contributed by atoms with Crippen molar-refractivity contribution in [3.05, 3.63) is 100 Å². The highest BCUT2D eigenvalue weighted by atomic mass is 79.9. The van der Waals surface area contributed by atoms with Crippen molar-refractivity contribution in [1.82, 2.24) is 10.2 Å². The number of hydrogen-bond donors (Lipinski definition) is 1. The lowest BCUT2D eigenvalue weighted by Gasteiger charge is -2.33. The molecule has 3 aromatic carbocycles. The largest absolute Gasteiger partial charge is 0.352 e. The van der Waals surface area contributed by atoms with Crippen molar-refractivity contribution >= 4 is 43.5 Å². The van der Waals surface area contributed by atoms with Crippen molar-refractivity contribution in [3.8, 4) is 0 Å². The summed E-state index contributed by atoms with van der Waals surface area (Å²) >= 11 is 3.48. The van der Waals surface area contributed by atoms with Gasteiger partial charge >= 0.3 is 0 Å². The third kappa shape index (κ3) is 9.34. The second-order valence-electron chi connectivity index (χ2n) is 10.9. The Hall–Kier alpha value is -3.31. The van der Waals surface area contributed by atoms with Crippen LogP contribution in [0.4, 0.5) is 14.5 Å². The molecule has 1 fully saturated rings. The summed E-state index contributed by atoms with van der Waals surface area (Å²) in [6.45, 7) is 0.0464. The summed E-state index contributed by atoms with van der Waals surface area (Å²) in [5, 5.41) is 3.16.